The Bertz CT molecular complexity index is 410. The molecule has 0 unspecified atom stereocenters. The molecule has 0 radical (unpaired) electrons. The number of hydrogen-bond acceptors (Lipinski definition) is 4. The molecule has 98 valence electrons. The lowest BCUT2D eigenvalue weighted by molar-refractivity contribution is -0.147. The molecule has 1 amide bonds. The summed E-state index contributed by atoms with van der Waals surface area (Å²) in [7, 11) is 0. The molecule has 0 atom stereocenters. The number of carbonyl (C=O) groups is 2. The van der Waals surface area contributed by atoms with Gasteiger partial charge in [0.15, 0.2) is 0 Å². The zero-order valence-corrected chi connectivity index (χ0v) is 11.3. The Kier molecular flexibility index (Phi) is 6.14. The van der Waals surface area contributed by atoms with E-state index in [1.807, 2.05) is 17.5 Å². The van der Waals surface area contributed by atoms with Crippen LogP contribution in [0.25, 0.3) is 6.08 Å². The van der Waals surface area contributed by atoms with Gasteiger partial charge in [0.2, 0.25) is 5.91 Å². The van der Waals surface area contributed by atoms with Gasteiger partial charge in [0, 0.05) is 17.5 Å². The number of rotatable bonds is 6. The summed E-state index contributed by atoms with van der Waals surface area (Å²) < 4.78 is 4.94. The van der Waals surface area contributed by atoms with Crippen LogP contribution in [0.4, 0.5) is 0 Å². The maximum atomic E-state index is 11.4. The van der Waals surface area contributed by atoms with Crippen molar-refractivity contribution in [1.29, 1.82) is 0 Å². The highest BCUT2D eigenvalue weighted by Crippen LogP contribution is 2.09. The van der Waals surface area contributed by atoms with Crippen molar-refractivity contribution in [3.8, 4) is 0 Å². The zero-order chi connectivity index (χ0) is 13.4. The third-order valence-electron chi connectivity index (χ3n) is 1.94. The molecule has 0 saturated heterocycles. The van der Waals surface area contributed by atoms with Crippen molar-refractivity contribution >= 4 is 29.3 Å². The number of ether oxygens (including phenoxy) is 1. The summed E-state index contributed by atoms with van der Waals surface area (Å²) in [6, 6.07) is 3.85. The molecule has 18 heavy (non-hydrogen) atoms. The summed E-state index contributed by atoms with van der Waals surface area (Å²) in [6.07, 6.45) is 3.27. The maximum absolute atomic E-state index is 11.4. The van der Waals surface area contributed by atoms with Crippen LogP contribution in [-0.2, 0) is 14.3 Å². The van der Waals surface area contributed by atoms with Gasteiger partial charge in [0.25, 0.3) is 0 Å². The molecule has 0 aliphatic heterocycles. The van der Waals surface area contributed by atoms with E-state index in [2.05, 4.69) is 5.32 Å². The topological polar surface area (TPSA) is 55.4 Å². The first-order chi connectivity index (χ1) is 8.58. The van der Waals surface area contributed by atoms with E-state index in [9.17, 15) is 9.59 Å². The lowest BCUT2D eigenvalue weighted by atomic mass is 10.3. The average Bonchev–Trinajstić information content (AvgIpc) is 2.78. The standard InChI is InChI=1S/C13H17NO3S/c1-10(2)17-13(16)7-8-14-12(15)6-5-11-4-3-9-18-11/h3-6,9-10H,7-8H2,1-2H3,(H,14,15)/b6-5+. The molecule has 1 aromatic heterocycles. The molecular formula is C13H17NO3S. The monoisotopic (exact) mass is 267 g/mol. The Morgan fingerprint density at radius 3 is 2.89 bits per heavy atom. The molecule has 0 fully saturated rings. The second-order valence-electron chi connectivity index (χ2n) is 3.93. The maximum Gasteiger partial charge on any atom is 0.307 e. The van der Waals surface area contributed by atoms with Gasteiger partial charge < -0.3 is 10.1 Å². The van der Waals surface area contributed by atoms with E-state index < -0.39 is 0 Å². The number of esters is 1. The SMILES string of the molecule is CC(C)OC(=O)CCNC(=O)/C=C/c1cccs1. The van der Waals surface area contributed by atoms with Gasteiger partial charge in [-0.3, -0.25) is 9.59 Å². The third-order valence-corrected chi connectivity index (χ3v) is 2.78. The fourth-order valence-corrected chi connectivity index (χ4v) is 1.83. The van der Waals surface area contributed by atoms with E-state index in [4.69, 9.17) is 4.74 Å². The summed E-state index contributed by atoms with van der Waals surface area (Å²) in [6.45, 7) is 3.87. The summed E-state index contributed by atoms with van der Waals surface area (Å²) in [4.78, 5) is 23.6. The summed E-state index contributed by atoms with van der Waals surface area (Å²) in [5.41, 5.74) is 0. The van der Waals surface area contributed by atoms with Crippen molar-refractivity contribution in [1.82, 2.24) is 5.32 Å². The van der Waals surface area contributed by atoms with Gasteiger partial charge >= 0.3 is 5.97 Å². The zero-order valence-electron chi connectivity index (χ0n) is 10.5. The van der Waals surface area contributed by atoms with Crippen molar-refractivity contribution in [2.75, 3.05) is 6.54 Å². The molecule has 1 aromatic rings. The summed E-state index contributed by atoms with van der Waals surface area (Å²) in [5.74, 6) is -0.506. The van der Waals surface area contributed by atoms with E-state index in [1.54, 1.807) is 31.3 Å². The van der Waals surface area contributed by atoms with Gasteiger partial charge in [-0.05, 0) is 31.4 Å². The Hall–Kier alpha value is -1.62. The van der Waals surface area contributed by atoms with Crippen molar-refractivity contribution in [2.45, 2.75) is 26.4 Å². The highest BCUT2D eigenvalue weighted by molar-refractivity contribution is 7.10. The number of thiophene rings is 1. The van der Waals surface area contributed by atoms with E-state index in [1.165, 1.54) is 6.08 Å². The van der Waals surface area contributed by atoms with Gasteiger partial charge in [-0.25, -0.2) is 0 Å². The number of amides is 1. The number of hydrogen-bond donors (Lipinski definition) is 1. The van der Waals surface area contributed by atoms with Crippen LogP contribution in [0, 0.1) is 0 Å². The van der Waals surface area contributed by atoms with Crippen LogP contribution in [0.1, 0.15) is 25.1 Å². The molecule has 1 heterocycles. The van der Waals surface area contributed by atoms with Crippen LogP contribution in [0.5, 0.6) is 0 Å². The smallest absolute Gasteiger partial charge is 0.307 e. The second-order valence-corrected chi connectivity index (χ2v) is 4.91. The molecular weight excluding hydrogens is 250 g/mol. The normalized spacial score (nSPS) is 10.8. The fraction of sp³-hybridized carbons (Fsp3) is 0.385. The quantitative estimate of drug-likeness (QED) is 0.635. The Morgan fingerprint density at radius 1 is 1.50 bits per heavy atom. The van der Waals surface area contributed by atoms with E-state index in [0.717, 1.165) is 4.88 Å². The Morgan fingerprint density at radius 2 is 2.28 bits per heavy atom. The first-order valence-electron chi connectivity index (χ1n) is 5.77. The molecule has 1 rings (SSSR count). The van der Waals surface area contributed by atoms with Gasteiger partial charge in [-0.1, -0.05) is 6.07 Å². The average molecular weight is 267 g/mol. The first kappa shape index (κ1) is 14.4. The Balaban J connectivity index is 2.19. The van der Waals surface area contributed by atoms with E-state index in [-0.39, 0.29) is 24.4 Å². The van der Waals surface area contributed by atoms with Gasteiger partial charge in [0.05, 0.1) is 12.5 Å². The first-order valence-corrected chi connectivity index (χ1v) is 6.65. The molecule has 0 saturated carbocycles. The number of carbonyl (C=O) groups excluding carboxylic acids is 2. The molecule has 1 N–H and O–H groups in total. The van der Waals surface area contributed by atoms with Crippen LogP contribution in [-0.4, -0.2) is 24.5 Å². The summed E-state index contributed by atoms with van der Waals surface area (Å²) >= 11 is 1.56. The Labute approximate surface area is 111 Å². The predicted molar refractivity (Wildman–Crippen MR) is 72.2 cm³/mol. The lowest BCUT2D eigenvalue weighted by Gasteiger charge is -2.07. The minimum absolute atomic E-state index is 0.119. The van der Waals surface area contributed by atoms with Crippen molar-refractivity contribution in [3.63, 3.8) is 0 Å². The van der Waals surface area contributed by atoms with Gasteiger partial charge in [-0.2, -0.15) is 0 Å². The van der Waals surface area contributed by atoms with Crippen LogP contribution >= 0.6 is 11.3 Å². The van der Waals surface area contributed by atoms with E-state index >= 15 is 0 Å². The minimum Gasteiger partial charge on any atom is -0.463 e. The summed E-state index contributed by atoms with van der Waals surface area (Å²) in [5, 5.41) is 4.57. The van der Waals surface area contributed by atoms with Crippen LogP contribution in [0.2, 0.25) is 0 Å². The molecule has 0 aliphatic carbocycles. The van der Waals surface area contributed by atoms with Crippen LogP contribution in [0.3, 0.4) is 0 Å². The molecule has 0 spiro atoms. The largest absolute Gasteiger partial charge is 0.463 e. The van der Waals surface area contributed by atoms with Crippen molar-refractivity contribution in [2.24, 2.45) is 0 Å². The van der Waals surface area contributed by atoms with Crippen LogP contribution < -0.4 is 5.32 Å². The van der Waals surface area contributed by atoms with Crippen molar-refractivity contribution in [3.05, 3.63) is 28.5 Å². The predicted octanol–water partition coefficient (Wildman–Crippen LogP) is 2.22. The molecule has 4 nitrogen and oxygen atoms in total. The highest BCUT2D eigenvalue weighted by atomic mass is 32.1. The van der Waals surface area contributed by atoms with Crippen LogP contribution in [0.15, 0.2) is 23.6 Å². The third kappa shape index (κ3) is 6.20. The molecule has 5 heteroatoms. The second kappa shape index (κ2) is 7.66. The fourth-order valence-electron chi connectivity index (χ4n) is 1.21. The lowest BCUT2D eigenvalue weighted by Crippen LogP contribution is -2.25. The number of nitrogens with one attached hydrogen (secondary N) is 1. The van der Waals surface area contributed by atoms with Crippen molar-refractivity contribution < 1.29 is 14.3 Å². The molecule has 0 aromatic carbocycles. The molecule has 0 aliphatic rings. The van der Waals surface area contributed by atoms with E-state index in [0.29, 0.717) is 6.54 Å². The van der Waals surface area contributed by atoms with Gasteiger partial charge in [0.1, 0.15) is 0 Å². The highest BCUT2D eigenvalue weighted by Gasteiger charge is 2.05. The molecule has 0 bridgehead atoms. The minimum atomic E-state index is -0.299. The van der Waals surface area contributed by atoms with Gasteiger partial charge in [-0.15, -0.1) is 11.3 Å².